The van der Waals surface area contributed by atoms with Gasteiger partial charge in [-0.15, -0.1) is 6.58 Å². The molecule has 1 aliphatic rings. The highest BCUT2D eigenvalue weighted by molar-refractivity contribution is 6.15. The molecule has 1 aliphatic carbocycles. The topological polar surface area (TPSA) is 37.3 Å². The van der Waals surface area contributed by atoms with Crippen molar-refractivity contribution in [2.45, 2.75) is 6.42 Å². The lowest BCUT2D eigenvalue weighted by atomic mass is 9.98. The van der Waals surface area contributed by atoms with Crippen LogP contribution in [0.5, 0.6) is 5.75 Å². The van der Waals surface area contributed by atoms with Gasteiger partial charge in [0.1, 0.15) is 5.75 Å². The van der Waals surface area contributed by atoms with E-state index in [-0.39, 0.29) is 11.5 Å². The van der Waals surface area contributed by atoms with E-state index in [2.05, 4.69) is 6.58 Å². The first-order chi connectivity index (χ1) is 6.74. The Balaban J connectivity index is 2.64. The average Bonchev–Trinajstić information content (AvgIpc) is 2.53. The maximum atomic E-state index is 11.5. The molecule has 0 fully saturated rings. The van der Waals surface area contributed by atoms with Crippen molar-refractivity contribution in [2.75, 3.05) is 0 Å². The third kappa shape index (κ3) is 1.16. The lowest BCUT2D eigenvalue weighted by Gasteiger charge is -2.07. The van der Waals surface area contributed by atoms with E-state index in [1.165, 1.54) is 6.08 Å². The van der Waals surface area contributed by atoms with E-state index >= 15 is 0 Å². The summed E-state index contributed by atoms with van der Waals surface area (Å²) in [4.78, 5) is 11.5. The lowest BCUT2D eigenvalue weighted by molar-refractivity contribution is 0.104. The molecular weight excluding hydrogens is 176 g/mol. The second-order valence-electron chi connectivity index (χ2n) is 3.22. The zero-order valence-electron chi connectivity index (χ0n) is 7.66. The van der Waals surface area contributed by atoms with Gasteiger partial charge in [-0.1, -0.05) is 18.2 Å². The zero-order valence-corrected chi connectivity index (χ0v) is 7.66. The van der Waals surface area contributed by atoms with Crippen molar-refractivity contribution in [2.24, 2.45) is 0 Å². The molecule has 2 heteroatoms. The van der Waals surface area contributed by atoms with Gasteiger partial charge >= 0.3 is 0 Å². The number of hydrogen-bond acceptors (Lipinski definition) is 2. The molecule has 0 saturated carbocycles. The first-order valence-electron chi connectivity index (χ1n) is 4.42. The van der Waals surface area contributed by atoms with Crippen LogP contribution in [0.2, 0.25) is 0 Å². The molecule has 0 bridgehead atoms. The Morgan fingerprint density at radius 1 is 1.36 bits per heavy atom. The normalized spacial score (nSPS) is 13.0. The van der Waals surface area contributed by atoms with Gasteiger partial charge in [0.2, 0.25) is 0 Å². The van der Waals surface area contributed by atoms with Crippen LogP contribution in [0.3, 0.4) is 0 Å². The lowest BCUT2D eigenvalue weighted by Crippen LogP contribution is -1.99. The van der Waals surface area contributed by atoms with Gasteiger partial charge < -0.3 is 5.11 Å². The van der Waals surface area contributed by atoms with Gasteiger partial charge in [-0.3, -0.25) is 4.79 Å². The summed E-state index contributed by atoms with van der Waals surface area (Å²) in [7, 11) is 0. The molecule has 0 radical (unpaired) electrons. The number of phenols is 1. The van der Waals surface area contributed by atoms with Crippen LogP contribution in [-0.2, 0) is 6.42 Å². The molecule has 2 nitrogen and oxygen atoms in total. The molecule has 2 rings (SSSR count). The number of aromatic hydroxyl groups is 1. The number of ketones is 1. The molecule has 0 aliphatic heterocycles. The molecule has 0 aromatic heterocycles. The largest absolute Gasteiger partial charge is 0.508 e. The van der Waals surface area contributed by atoms with Crippen molar-refractivity contribution in [1.29, 1.82) is 0 Å². The fourth-order valence-corrected chi connectivity index (χ4v) is 1.68. The standard InChI is InChI=1S/C12H10O2/c1-2-3-9-10(13)6-4-8-5-7-11(14)12(8)9/h2,4-7,13H,1,3H2. The summed E-state index contributed by atoms with van der Waals surface area (Å²) in [6.07, 6.45) is 5.49. The first kappa shape index (κ1) is 8.75. The number of hydrogen-bond donors (Lipinski definition) is 1. The maximum Gasteiger partial charge on any atom is 0.186 e. The fraction of sp³-hybridized carbons (Fsp3) is 0.0833. The zero-order chi connectivity index (χ0) is 10.1. The number of carbonyl (C=O) groups excluding carboxylic acids is 1. The Kier molecular flexibility index (Phi) is 1.97. The Morgan fingerprint density at radius 3 is 2.86 bits per heavy atom. The summed E-state index contributed by atoms with van der Waals surface area (Å²) >= 11 is 0. The Bertz CT molecular complexity index is 442. The summed E-state index contributed by atoms with van der Waals surface area (Å²) in [5, 5.41) is 9.60. The van der Waals surface area contributed by atoms with Gasteiger partial charge in [0, 0.05) is 11.1 Å². The van der Waals surface area contributed by atoms with Gasteiger partial charge in [0.25, 0.3) is 0 Å². The van der Waals surface area contributed by atoms with Crippen LogP contribution in [0, 0.1) is 0 Å². The van der Waals surface area contributed by atoms with Crippen molar-refractivity contribution < 1.29 is 9.90 Å². The van der Waals surface area contributed by atoms with Gasteiger partial charge in [0.15, 0.2) is 5.78 Å². The molecule has 1 aromatic rings. The Morgan fingerprint density at radius 2 is 2.14 bits per heavy atom. The SMILES string of the molecule is C=CCc1c(O)ccc2c1C(=O)C=C2. The molecule has 0 atom stereocenters. The quantitative estimate of drug-likeness (QED) is 0.720. The van der Waals surface area contributed by atoms with Crippen molar-refractivity contribution in [3.05, 3.63) is 47.6 Å². The van der Waals surface area contributed by atoms with E-state index in [0.29, 0.717) is 17.5 Å². The van der Waals surface area contributed by atoms with Crippen LogP contribution < -0.4 is 0 Å². The molecule has 0 unspecified atom stereocenters. The third-order valence-corrected chi connectivity index (χ3v) is 2.33. The monoisotopic (exact) mass is 186 g/mol. The minimum Gasteiger partial charge on any atom is -0.508 e. The van der Waals surface area contributed by atoms with Crippen LogP contribution >= 0.6 is 0 Å². The molecule has 14 heavy (non-hydrogen) atoms. The highest BCUT2D eigenvalue weighted by Crippen LogP contribution is 2.30. The number of rotatable bonds is 2. The minimum absolute atomic E-state index is 0.0345. The van der Waals surface area contributed by atoms with Gasteiger partial charge in [-0.05, 0) is 24.1 Å². The third-order valence-electron chi connectivity index (χ3n) is 2.33. The van der Waals surface area contributed by atoms with E-state index in [1.54, 1.807) is 24.3 Å². The van der Waals surface area contributed by atoms with E-state index in [1.807, 2.05) is 0 Å². The molecule has 1 N–H and O–H groups in total. The van der Waals surface area contributed by atoms with E-state index in [9.17, 15) is 9.90 Å². The van der Waals surface area contributed by atoms with Crippen molar-refractivity contribution >= 4 is 11.9 Å². The number of allylic oxidation sites excluding steroid dienone is 2. The van der Waals surface area contributed by atoms with E-state index in [4.69, 9.17) is 0 Å². The van der Waals surface area contributed by atoms with E-state index in [0.717, 1.165) is 5.56 Å². The molecule has 0 spiro atoms. The van der Waals surface area contributed by atoms with Crippen molar-refractivity contribution in [1.82, 2.24) is 0 Å². The number of carbonyl (C=O) groups is 1. The summed E-state index contributed by atoms with van der Waals surface area (Å²) in [6.45, 7) is 3.60. The molecule has 0 saturated heterocycles. The van der Waals surface area contributed by atoms with Gasteiger partial charge in [0.05, 0.1) is 0 Å². The second-order valence-corrected chi connectivity index (χ2v) is 3.22. The summed E-state index contributed by atoms with van der Waals surface area (Å²) < 4.78 is 0. The average molecular weight is 186 g/mol. The molecule has 0 amide bonds. The first-order valence-corrected chi connectivity index (χ1v) is 4.42. The van der Waals surface area contributed by atoms with Crippen molar-refractivity contribution in [3.63, 3.8) is 0 Å². The number of benzene rings is 1. The number of phenolic OH excluding ortho intramolecular Hbond substituents is 1. The van der Waals surface area contributed by atoms with Gasteiger partial charge in [-0.25, -0.2) is 0 Å². The highest BCUT2D eigenvalue weighted by Gasteiger charge is 2.19. The summed E-state index contributed by atoms with van der Waals surface area (Å²) in [5.41, 5.74) is 2.17. The van der Waals surface area contributed by atoms with Crippen LogP contribution in [0.25, 0.3) is 6.08 Å². The van der Waals surface area contributed by atoms with Crippen LogP contribution in [-0.4, -0.2) is 10.9 Å². The predicted molar refractivity (Wildman–Crippen MR) is 55.4 cm³/mol. The molecule has 70 valence electrons. The predicted octanol–water partition coefficient (Wildman–Crippen LogP) is 2.33. The molecule has 1 aromatic carbocycles. The van der Waals surface area contributed by atoms with Crippen LogP contribution in [0.4, 0.5) is 0 Å². The maximum absolute atomic E-state index is 11.5. The van der Waals surface area contributed by atoms with Crippen LogP contribution in [0.1, 0.15) is 21.5 Å². The fourth-order valence-electron chi connectivity index (χ4n) is 1.68. The van der Waals surface area contributed by atoms with Crippen LogP contribution in [0.15, 0.2) is 30.9 Å². The van der Waals surface area contributed by atoms with E-state index < -0.39 is 0 Å². The van der Waals surface area contributed by atoms with Crippen molar-refractivity contribution in [3.8, 4) is 5.75 Å². The number of fused-ring (bicyclic) bond motifs is 1. The molecular formula is C12H10O2. The molecule has 0 heterocycles. The minimum atomic E-state index is -0.0345. The second kappa shape index (κ2) is 3.14. The smallest absolute Gasteiger partial charge is 0.186 e. The Labute approximate surface area is 82.2 Å². The van der Waals surface area contributed by atoms with Gasteiger partial charge in [-0.2, -0.15) is 0 Å². The Hall–Kier alpha value is -1.83. The summed E-state index contributed by atoms with van der Waals surface area (Å²) in [6, 6.07) is 3.36. The summed E-state index contributed by atoms with van der Waals surface area (Å²) in [5.74, 6) is 0.133. The highest BCUT2D eigenvalue weighted by atomic mass is 16.3.